The highest BCUT2D eigenvalue weighted by molar-refractivity contribution is 5.75. The van der Waals surface area contributed by atoms with Crippen LogP contribution in [0.3, 0.4) is 0 Å². The molecule has 1 unspecified atom stereocenters. The second-order valence-corrected chi connectivity index (χ2v) is 8.94. The summed E-state index contributed by atoms with van der Waals surface area (Å²) in [6, 6.07) is 1.25. The summed E-state index contributed by atoms with van der Waals surface area (Å²) in [4.78, 5) is 14.2. The van der Waals surface area contributed by atoms with Gasteiger partial charge in [-0.3, -0.25) is 4.79 Å². The molecule has 3 heteroatoms. The molecule has 1 saturated heterocycles. The predicted molar refractivity (Wildman–Crippen MR) is 92.9 cm³/mol. The molecule has 1 aliphatic carbocycles. The van der Waals surface area contributed by atoms with Gasteiger partial charge in [-0.05, 0) is 66.2 Å². The smallest absolute Gasteiger partial charge is 0.220 e. The first kappa shape index (κ1) is 17.8. The number of nitrogens with zero attached hydrogens (tertiary/aromatic N) is 1. The maximum atomic E-state index is 12.1. The zero-order chi connectivity index (χ0) is 16.5. The average Bonchev–Trinajstić information content (AvgIpc) is 2.36. The van der Waals surface area contributed by atoms with Crippen molar-refractivity contribution in [2.45, 2.75) is 110 Å². The normalized spacial score (nSPS) is 27.6. The molecule has 2 rings (SSSR count). The molecule has 1 N–H and O–H groups in total. The first-order valence-electron chi connectivity index (χ1n) is 9.20. The maximum Gasteiger partial charge on any atom is 0.220 e. The Morgan fingerprint density at radius 1 is 1.05 bits per heavy atom. The molecule has 22 heavy (non-hydrogen) atoms. The van der Waals surface area contributed by atoms with Crippen LogP contribution < -0.4 is 5.32 Å². The van der Waals surface area contributed by atoms with Gasteiger partial charge < -0.3 is 10.2 Å². The van der Waals surface area contributed by atoms with Crippen LogP contribution in [0.15, 0.2) is 0 Å². The second-order valence-electron chi connectivity index (χ2n) is 8.94. The molecule has 1 heterocycles. The van der Waals surface area contributed by atoms with Crippen LogP contribution in [0.4, 0.5) is 0 Å². The van der Waals surface area contributed by atoms with Gasteiger partial charge in [0.25, 0.3) is 0 Å². The molecule has 2 aliphatic rings. The fraction of sp³-hybridized carbons (Fsp3) is 0.947. The Morgan fingerprint density at radius 3 is 2.00 bits per heavy atom. The summed E-state index contributed by atoms with van der Waals surface area (Å²) >= 11 is 0. The van der Waals surface area contributed by atoms with Crippen LogP contribution in [0, 0.1) is 5.92 Å². The number of carbonyl (C=O) groups excluding carboxylic acids is 1. The lowest BCUT2D eigenvalue weighted by atomic mass is 9.71. The van der Waals surface area contributed by atoms with Crippen LogP contribution in [0.1, 0.15) is 86.5 Å². The molecule has 1 amide bonds. The van der Waals surface area contributed by atoms with E-state index in [1.165, 1.54) is 32.1 Å². The van der Waals surface area contributed by atoms with E-state index in [0.29, 0.717) is 18.0 Å². The zero-order valence-corrected chi connectivity index (χ0v) is 15.5. The SMILES string of the molecule is CC(=O)N1C(C)(C)CC(C(C)NC2CCCCC2)CC1(C)C. The number of hydrogen-bond donors (Lipinski definition) is 1. The van der Waals surface area contributed by atoms with Crippen LogP contribution in [0.5, 0.6) is 0 Å². The largest absolute Gasteiger partial charge is 0.333 e. The summed E-state index contributed by atoms with van der Waals surface area (Å²) in [6.45, 7) is 13.0. The molecule has 0 aromatic carbocycles. The first-order chi connectivity index (χ1) is 10.1. The lowest BCUT2D eigenvalue weighted by molar-refractivity contribution is -0.149. The van der Waals surface area contributed by atoms with Gasteiger partial charge in [0.15, 0.2) is 0 Å². The summed E-state index contributed by atoms with van der Waals surface area (Å²) in [5, 5.41) is 3.90. The standard InChI is InChI=1S/C19H36N2O/c1-14(20-17-10-8-7-9-11-17)16-12-18(3,4)21(15(2)22)19(5,6)13-16/h14,16-17,20H,7-13H2,1-6H3. The van der Waals surface area contributed by atoms with Gasteiger partial charge in [0.2, 0.25) is 5.91 Å². The minimum absolute atomic E-state index is 0.0548. The summed E-state index contributed by atoms with van der Waals surface area (Å²) in [5.41, 5.74) is -0.110. The van der Waals surface area contributed by atoms with E-state index in [4.69, 9.17) is 0 Å². The molecular weight excluding hydrogens is 272 g/mol. The van der Waals surface area contributed by atoms with Gasteiger partial charge in [0.1, 0.15) is 0 Å². The third-order valence-corrected chi connectivity index (χ3v) is 5.86. The predicted octanol–water partition coefficient (Wildman–Crippen LogP) is 4.11. The molecule has 0 spiro atoms. The molecule has 1 atom stereocenters. The van der Waals surface area contributed by atoms with E-state index in [-0.39, 0.29) is 17.0 Å². The van der Waals surface area contributed by atoms with Crippen LogP contribution >= 0.6 is 0 Å². The molecule has 128 valence electrons. The van der Waals surface area contributed by atoms with E-state index in [0.717, 1.165) is 12.8 Å². The molecule has 1 saturated carbocycles. The summed E-state index contributed by atoms with van der Waals surface area (Å²) < 4.78 is 0. The van der Waals surface area contributed by atoms with E-state index in [2.05, 4.69) is 44.8 Å². The minimum Gasteiger partial charge on any atom is -0.333 e. The quantitative estimate of drug-likeness (QED) is 0.851. The number of rotatable bonds is 3. The number of piperidine rings is 1. The van der Waals surface area contributed by atoms with Crippen molar-refractivity contribution in [2.24, 2.45) is 5.92 Å². The number of nitrogens with one attached hydrogen (secondary N) is 1. The monoisotopic (exact) mass is 308 g/mol. The van der Waals surface area contributed by atoms with E-state index < -0.39 is 0 Å². The van der Waals surface area contributed by atoms with E-state index in [1.807, 2.05) is 0 Å². The van der Waals surface area contributed by atoms with Gasteiger partial charge in [-0.1, -0.05) is 19.3 Å². The van der Waals surface area contributed by atoms with E-state index in [9.17, 15) is 4.79 Å². The average molecular weight is 309 g/mol. The Morgan fingerprint density at radius 2 is 1.55 bits per heavy atom. The lowest BCUT2D eigenvalue weighted by Gasteiger charge is -2.56. The Balaban J connectivity index is 2.05. The highest BCUT2D eigenvalue weighted by Crippen LogP contribution is 2.42. The molecular formula is C19H36N2O. The molecule has 0 aromatic heterocycles. The molecule has 0 radical (unpaired) electrons. The first-order valence-corrected chi connectivity index (χ1v) is 9.20. The van der Waals surface area contributed by atoms with Crippen molar-refractivity contribution in [2.75, 3.05) is 0 Å². The van der Waals surface area contributed by atoms with Crippen molar-refractivity contribution in [3.8, 4) is 0 Å². The Hall–Kier alpha value is -0.570. The van der Waals surface area contributed by atoms with E-state index >= 15 is 0 Å². The van der Waals surface area contributed by atoms with Gasteiger partial charge in [-0.2, -0.15) is 0 Å². The van der Waals surface area contributed by atoms with Crippen LogP contribution in [-0.4, -0.2) is 34.0 Å². The molecule has 0 bridgehead atoms. The molecule has 3 nitrogen and oxygen atoms in total. The molecule has 1 aliphatic heterocycles. The van der Waals surface area contributed by atoms with Crippen molar-refractivity contribution < 1.29 is 4.79 Å². The van der Waals surface area contributed by atoms with Crippen LogP contribution in [0.2, 0.25) is 0 Å². The Kier molecular flexibility index (Phi) is 5.26. The van der Waals surface area contributed by atoms with Crippen molar-refractivity contribution in [1.82, 2.24) is 10.2 Å². The van der Waals surface area contributed by atoms with Crippen LogP contribution in [-0.2, 0) is 4.79 Å². The third kappa shape index (κ3) is 3.84. The summed E-state index contributed by atoms with van der Waals surface area (Å²) in [7, 11) is 0. The van der Waals surface area contributed by atoms with Crippen molar-refractivity contribution in [1.29, 1.82) is 0 Å². The zero-order valence-electron chi connectivity index (χ0n) is 15.5. The Bertz CT molecular complexity index is 378. The number of hydrogen-bond acceptors (Lipinski definition) is 2. The number of carbonyl (C=O) groups is 1. The highest BCUT2D eigenvalue weighted by Gasteiger charge is 2.47. The van der Waals surface area contributed by atoms with Gasteiger partial charge in [0, 0.05) is 30.1 Å². The second kappa shape index (κ2) is 6.51. The fourth-order valence-corrected chi connectivity index (χ4v) is 5.34. The van der Waals surface area contributed by atoms with Crippen molar-refractivity contribution in [3.63, 3.8) is 0 Å². The number of amides is 1. The van der Waals surface area contributed by atoms with Crippen LogP contribution in [0.25, 0.3) is 0 Å². The topological polar surface area (TPSA) is 32.3 Å². The van der Waals surface area contributed by atoms with Gasteiger partial charge in [-0.25, -0.2) is 0 Å². The highest BCUT2D eigenvalue weighted by atomic mass is 16.2. The van der Waals surface area contributed by atoms with Gasteiger partial charge >= 0.3 is 0 Å². The summed E-state index contributed by atoms with van der Waals surface area (Å²) in [6.07, 6.45) is 9.03. The maximum absolute atomic E-state index is 12.1. The Labute approximate surface area is 137 Å². The number of likely N-dealkylation sites (tertiary alicyclic amines) is 1. The fourth-order valence-electron chi connectivity index (χ4n) is 5.34. The van der Waals surface area contributed by atoms with Gasteiger partial charge in [-0.15, -0.1) is 0 Å². The lowest BCUT2D eigenvalue weighted by Crippen LogP contribution is -2.64. The van der Waals surface area contributed by atoms with Gasteiger partial charge in [0.05, 0.1) is 0 Å². The minimum atomic E-state index is -0.0548. The van der Waals surface area contributed by atoms with Crippen molar-refractivity contribution in [3.05, 3.63) is 0 Å². The summed E-state index contributed by atoms with van der Waals surface area (Å²) in [5.74, 6) is 0.851. The molecule has 0 aromatic rings. The molecule has 2 fully saturated rings. The van der Waals surface area contributed by atoms with E-state index in [1.54, 1.807) is 6.92 Å². The van der Waals surface area contributed by atoms with Crippen molar-refractivity contribution >= 4 is 5.91 Å². The third-order valence-electron chi connectivity index (χ3n) is 5.86.